The minimum atomic E-state index is -0.0668. The molecule has 1 fully saturated rings. The van der Waals surface area contributed by atoms with Crippen LogP contribution in [0, 0.1) is 0 Å². The van der Waals surface area contributed by atoms with Crippen LogP contribution in [0.15, 0.2) is 48.5 Å². The average Bonchev–Trinajstić information content (AvgIpc) is 2.73. The summed E-state index contributed by atoms with van der Waals surface area (Å²) in [6, 6.07) is 14.8. The number of ether oxygens (including phenoxy) is 1. The van der Waals surface area contributed by atoms with Gasteiger partial charge in [-0.05, 0) is 55.3 Å². The van der Waals surface area contributed by atoms with E-state index in [2.05, 4.69) is 5.32 Å². The fourth-order valence-electron chi connectivity index (χ4n) is 3.35. The first-order valence-electron chi connectivity index (χ1n) is 9.49. The number of piperidine rings is 1. The molecular weight excluding hydrogens is 354 g/mol. The van der Waals surface area contributed by atoms with E-state index in [9.17, 15) is 9.59 Å². The van der Waals surface area contributed by atoms with E-state index in [0.29, 0.717) is 30.0 Å². The summed E-state index contributed by atoms with van der Waals surface area (Å²) in [6.07, 6.45) is 1.49. The van der Waals surface area contributed by atoms with Crippen LogP contribution in [0.4, 0.5) is 5.69 Å². The van der Waals surface area contributed by atoms with Crippen LogP contribution in [0.25, 0.3) is 0 Å². The number of anilines is 1. The summed E-state index contributed by atoms with van der Waals surface area (Å²) in [7, 11) is 5.52. The lowest BCUT2D eigenvalue weighted by Crippen LogP contribution is -2.46. The smallest absolute Gasteiger partial charge is 0.253 e. The van der Waals surface area contributed by atoms with Crippen LogP contribution in [0.1, 0.15) is 33.6 Å². The standard InChI is InChI=1S/C22H27N3O3/c1-24(2)19-9-7-16(8-10-19)21(26)23-18-11-13-25(14-12-18)22(27)17-5-4-6-20(15-17)28-3/h4-10,15,18H,11-14H2,1-3H3,(H,23,26). The van der Waals surface area contributed by atoms with Crippen molar-refractivity contribution in [2.75, 3.05) is 39.2 Å². The van der Waals surface area contributed by atoms with Gasteiger partial charge in [-0.25, -0.2) is 0 Å². The van der Waals surface area contributed by atoms with E-state index in [1.807, 2.05) is 60.3 Å². The Morgan fingerprint density at radius 2 is 1.71 bits per heavy atom. The highest BCUT2D eigenvalue weighted by Crippen LogP contribution is 2.18. The number of benzene rings is 2. The number of amides is 2. The Labute approximate surface area is 166 Å². The lowest BCUT2D eigenvalue weighted by molar-refractivity contribution is 0.0697. The monoisotopic (exact) mass is 381 g/mol. The van der Waals surface area contributed by atoms with Gasteiger partial charge >= 0.3 is 0 Å². The van der Waals surface area contributed by atoms with Crippen LogP contribution in [-0.4, -0.2) is 57.1 Å². The highest BCUT2D eigenvalue weighted by atomic mass is 16.5. The second-order valence-corrected chi connectivity index (χ2v) is 7.21. The van der Waals surface area contributed by atoms with Gasteiger partial charge in [0.05, 0.1) is 7.11 Å². The Morgan fingerprint density at radius 1 is 1.04 bits per heavy atom. The first kappa shape index (κ1) is 19.7. The molecule has 0 bridgehead atoms. The molecule has 3 rings (SSSR count). The average molecular weight is 381 g/mol. The molecule has 0 aromatic heterocycles. The summed E-state index contributed by atoms with van der Waals surface area (Å²) in [5, 5.41) is 3.09. The zero-order valence-corrected chi connectivity index (χ0v) is 16.6. The van der Waals surface area contributed by atoms with Gasteiger partial charge in [0.15, 0.2) is 0 Å². The highest BCUT2D eigenvalue weighted by molar-refractivity contribution is 5.95. The molecule has 6 heteroatoms. The van der Waals surface area contributed by atoms with Crippen LogP contribution in [-0.2, 0) is 0 Å². The summed E-state index contributed by atoms with van der Waals surface area (Å²) in [5.41, 5.74) is 2.34. The topological polar surface area (TPSA) is 61.9 Å². The Balaban J connectivity index is 1.53. The van der Waals surface area contributed by atoms with E-state index < -0.39 is 0 Å². The molecule has 6 nitrogen and oxygen atoms in total. The summed E-state index contributed by atoms with van der Waals surface area (Å²) in [5.74, 6) is 0.610. The number of likely N-dealkylation sites (tertiary alicyclic amines) is 1. The molecule has 28 heavy (non-hydrogen) atoms. The van der Waals surface area contributed by atoms with Crippen molar-refractivity contribution < 1.29 is 14.3 Å². The molecular formula is C22H27N3O3. The number of nitrogens with one attached hydrogen (secondary N) is 1. The van der Waals surface area contributed by atoms with E-state index in [1.165, 1.54) is 0 Å². The minimum Gasteiger partial charge on any atom is -0.497 e. The number of hydrogen-bond donors (Lipinski definition) is 1. The van der Waals surface area contributed by atoms with E-state index in [0.717, 1.165) is 18.5 Å². The Hall–Kier alpha value is -3.02. The molecule has 0 spiro atoms. The second-order valence-electron chi connectivity index (χ2n) is 7.21. The van der Waals surface area contributed by atoms with Crippen molar-refractivity contribution in [3.05, 3.63) is 59.7 Å². The normalized spacial score (nSPS) is 14.5. The molecule has 2 aromatic rings. The van der Waals surface area contributed by atoms with Crippen molar-refractivity contribution in [3.63, 3.8) is 0 Å². The number of hydrogen-bond acceptors (Lipinski definition) is 4. The van der Waals surface area contributed by atoms with Gasteiger partial charge in [0, 0.05) is 50.0 Å². The zero-order valence-electron chi connectivity index (χ0n) is 16.6. The van der Waals surface area contributed by atoms with Gasteiger partial charge in [0.25, 0.3) is 11.8 Å². The summed E-state index contributed by atoms with van der Waals surface area (Å²) in [6.45, 7) is 1.25. The fraction of sp³-hybridized carbons (Fsp3) is 0.364. The van der Waals surface area contributed by atoms with Gasteiger partial charge < -0.3 is 19.9 Å². The predicted molar refractivity (Wildman–Crippen MR) is 110 cm³/mol. The summed E-state index contributed by atoms with van der Waals surface area (Å²) in [4.78, 5) is 29.0. The van der Waals surface area contributed by atoms with Crippen molar-refractivity contribution in [1.29, 1.82) is 0 Å². The van der Waals surface area contributed by atoms with Crippen molar-refractivity contribution >= 4 is 17.5 Å². The number of rotatable bonds is 5. The number of nitrogens with zero attached hydrogens (tertiary/aromatic N) is 2. The minimum absolute atomic E-state index is 0.00273. The third-order valence-electron chi connectivity index (χ3n) is 5.08. The molecule has 0 atom stereocenters. The van der Waals surface area contributed by atoms with Gasteiger partial charge in [-0.15, -0.1) is 0 Å². The van der Waals surface area contributed by atoms with Crippen molar-refractivity contribution in [1.82, 2.24) is 10.2 Å². The lowest BCUT2D eigenvalue weighted by Gasteiger charge is -2.32. The molecule has 0 saturated carbocycles. The molecule has 1 saturated heterocycles. The number of carbonyl (C=O) groups is 2. The van der Waals surface area contributed by atoms with Crippen LogP contribution in [0.5, 0.6) is 5.75 Å². The van der Waals surface area contributed by atoms with Crippen LogP contribution in [0.3, 0.4) is 0 Å². The molecule has 1 N–H and O–H groups in total. The first-order valence-corrected chi connectivity index (χ1v) is 9.49. The van der Waals surface area contributed by atoms with E-state index in [-0.39, 0.29) is 17.9 Å². The van der Waals surface area contributed by atoms with Crippen LogP contribution >= 0.6 is 0 Å². The van der Waals surface area contributed by atoms with E-state index >= 15 is 0 Å². The Kier molecular flexibility index (Phi) is 6.19. The molecule has 0 aliphatic carbocycles. The first-order chi connectivity index (χ1) is 13.5. The molecule has 2 amide bonds. The van der Waals surface area contributed by atoms with Gasteiger partial charge in [0.1, 0.15) is 5.75 Å². The van der Waals surface area contributed by atoms with Gasteiger partial charge in [-0.3, -0.25) is 9.59 Å². The number of carbonyl (C=O) groups excluding carboxylic acids is 2. The maximum atomic E-state index is 12.7. The summed E-state index contributed by atoms with van der Waals surface area (Å²) < 4.78 is 5.19. The highest BCUT2D eigenvalue weighted by Gasteiger charge is 2.25. The maximum Gasteiger partial charge on any atom is 0.253 e. The Bertz CT molecular complexity index is 825. The fourth-order valence-corrected chi connectivity index (χ4v) is 3.35. The largest absolute Gasteiger partial charge is 0.497 e. The molecule has 1 aliphatic rings. The Morgan fingerprint density at radius 3 is 2.32 bits per heavy atom. The van der Waals surface area contributed by atoms with Crippen molar-refractivity contribution in [2.45, 2.75) is 18.9 Å². The van der Waals surface area contributed by atoms with Gasteiger partial charge in [0.2, 0.25) is 0 Å². The molecule has 0 radical (unpaired) electrons. The predicted octanol–water partition coefficient (Wildman–Crippen LogP) is 2.80. The quantitative estimate of drug-likeness (QED) is 0.865. The molecule has 148 valence electrons. The van der Waals surface area contributed by atoms with Crippen LogP contribution < -0.4 is 15.0 Å². The summed E-state index contributed by atoms with van der Waals surface area (Å²) >= 11 is 0. The van der Waals surface area contributed by atoms with Crippen molar-refractivity contribution in [2.24, 2.45) is 0 Å². The molecule has 0 unspecified atom stereocenters. The molecule has 1 heterocycles. The lowest BCUT2D eigenvalue weighted by atomic mass is 10.0. The van der Waals surface area contributed by atoms with E-state index in [1.54, 1.807) is 19.2 Å². The van der Waals surface area contributed by atoms with Gasteiger partial charge in [-0.2, -0.15) is 0 Å². The SMILES string of the molecule is COc1cccc(C(=O)N2CCC(NC(=O)c3ccc(N(C)C)cc3)CC2)c1. The number of methoxy groups -OCH3 is 1. The maximum absolute atomic E-state index is 12.7. The van der Waals surface area contributed by atoms with Crippen molar-refractivity contribution in [3.8, 4) is 5.75 Å². The molecule has 2 aromatic carbocycles. The zero-order chi connectivity index (χ0) is 20.1. The van der Waals surface area contributed by atoms with Gasteiger partial charge in [-0.1, -0.05) is 6.07 Å². The van der Waals surface area contributed by atoms with Crippen LogP contribution in [0.2, 0.25) is 0 Å². The second kappa shape index (κ2) is 8.78. The molecule has 1 aliphatic heterocycles. The van der Waals surface area contributed by atoms with E-state index in [4.69, 9.17) is 4.74 Å². The third kappa shape index (κ3) is 4.63. The third-order valence-corrected chi connectivity index (χ3v) is 5.08.